The molecule has 1 aliphatic heterocycles. The fourth-order valence-corrected chi connectivity index (χ4v) is 4.19. The summed E-state index contributed by atoms with van der Waals surface area (Å²) in [7, 11) is 1.71. The Morgan fingerprint density at radius 3 is 2.76 bits per heavy atom. The van der Waals surface area contributed by atoms with Crippen LogP contribution in [-0.4, -0.2) is 38.8 Å². The minimum atomic E-state index is -0.133. The highest BCUT2D eigenvalue weighted by atomic mass is 16.5. The SMILES string of the molecule is COc1ccc(C)cc1C1(CNC(=O)[C@@H]2CC[C@@H](N)C2)CCOCC1. The zero-order valence-electron chi connectivity index (χ0n) is 15.3. The molecule has 1 aromatic rings. The zero-order valence-corrected chi connectivity index (χ0v) is 15.3. The van der Waals surface area contributed by atoms with Gasteiger partial charge in [0.2, 0.25) is 5.91 Å². The van der Waals surface area contributed by atoms with Crippen molar-refractivity contribution in [2.24, 2.45) is 11.7 Å². The van der Waals surface area contributed by atoms with E-state index in [1.54, 1.807) is 7.11 Å². The van der Waals surface area contributed by atoms with E-state index in [1.807, 2.05) is 6.07 Å². The number of hydrogen-bond acceptors (Lipinski definition) is 4. The number of nitrogens with two attached hydrogens (primary N) is 1. The van der Waals surface area contributed by atoms with Gasteiger partial charge in [0.1, 0.15) is 5.75 Å². The summed E-state index contributed by atoms with van der Waals surface area (Å²) in [6.45, 7) is 4.14. The summed E-state index contributed by atoms with van der Waals surface area (Å²) >= 11 is 0. The first-order valence-electron chi connectivity index (χ1n) is 9.30. The van der Waals surface area contributed by atoms with Crippen LogP contribution in [0.5, 0.6) is 5.75 Å². The minimum absolute atomic E-state index is 0.0614. The smallest absolute Gasteiger partial charge is 0.223 e. The number of benzene rings is 1. The van der Waals surface area contributed by atoms with Crippen LogP contribution in [-0.2, 0) is 14.9 Å². The van der Waals surface area contributed by atoms with Gasteiger partial charge in [-0.15, -0.1) is 0 Å². The summed E-state index contributed by atoms with van der Waals surface area (Å²) in [6.07, 6.45) is 4.42. The van der Waals surface area contributed by atoms with E-state index in [-0.39, 0.29) is 23.3 Å². The number of hydrogen-bond donors (Lipinski definition) is 2. The van der Waals surface area contributed by atoms with Crippen molar-refractivity contribution in [3.63, 3.8) is 0 Å². The van der Waals surface area contributed by atoms with E-state index < -0.39 is 0 Å². The second-order valence-corrected chi connectivity index (χ2v) is 7.58. The summed E-state index contributed by atoms with van der Waals surface area (Å²) in [6, 6.07) is 6.46. The van der Waals surface area contributed by atoms with Crippen LogP contribution >= 0.6 is 0 Å². The normalized spacial score (nSPS) is 25.6. The molecule has 138 valence electrons. The summed E-state index contributed by atoms with van der Waals surface area (Å²) in [5.74, 6) is 1.10. The zero-order chi connectivity index (χ0) is 17.9. The van der Waals surface area contributed by atoms with Gasteiger partial charge in [-0.3, -0.25) is 4.79 Å². The lowest BCUT2D eigenvalue weighted by Crippen LogP contribution is -2.46. The number of rotatable bonds is 5. The van der Waals surface area contributed by atoms with Gasteiger partial charge in [0.05, 0.1) is 7.11 Å². The lowest BCUT2D eigenvalue weighted by atomic mass is 9.73. The minimum Gasteiger partial charge on any atom is -0.496 e. The molecule has 25 heavy (non-hydrogen) atoms. The van der Waals surface area contributed by atoms with Gasteiger partial charge in [-0.1, -0.05) is 17.7 Å². The van der Waals surface area contributed by atoms with E-state index in [0.717, 1.165) is 37.9 Å². The highest BCUT2D eigenvalue weighted by Crippen LogP contribution is 2.40. The molecule has 5 heteroatoms. The third-order valence-electron chi connectivity index (χ3n) is 5.82. The van der Waals surface area contributed by atoms with Crippen LogP contribution in [0.4, 0.5) is 0 Å². The fraction of sp³-hybridized carbons (Fsp3) is 0.650. The molecule has 3 N–H and O–H groups in total. The molecule has 0 bridgehead atoms. The van der Waals surface area contributed by atoms with Crippen LogP contribution in [0.3, 0.4) is 0 Å². The number of ether oxygens (including phenoxy) is 2. The second kappa shape index (κ2) is 7.75. The molecular weight excluding hydrogens is 316 g/mol. The average Bonchev–Trinajstić information content (AvgIpc) is 3.07. The first-order valence-corrected chi connectivity index (χ1v) is 9.30. The van der Waals surface area contributed by atoms with Crippen molar-refractivity contribution in [1.29, 1.82) is 0 Å². The van der Waals surface area contributed by atoms with Crippen molar-refractivity contribution in [2.75, 3.05) is 26.9 Å². The number of methoxy groups -OCH3 is 1. The molecule has 5 nitrogen and oxygen atoms in total. The lowest BCUT2D eigenvalue weighted by molar-refractivity contribution is -0.125. The van der Waals surface area contributed by atoms with Crippen LogP contribution in [0.25, 0.3) is 0 Å². The van der Waals surface area contributed by atoms with Crippen LogP contribution in [0.15, 0.2) is 18.2 Å². The molecular formula is C20H30N2O3. The van der Waals surface area contributed by atoms with Gasteiger partial charge in [-0.05, 0) is 45.1 Å². The number of carbonyl (C=O) groups excluding carboxylic acids is 1. The molecule has 1 saturated carbocycles. The first kappa shape index (κ1) is 18.2. The van der Waals surface area contributed by atoms with E-state index in [2.05, 4.69) is 24.4 Å². The Kier molecular flexibility index (Phi) is 5.64. The number of aryl methyl sites for hydroxylation is 1. The molecule has 1 heterocycles. The van der Waals surface area contributed by atoms with Crippen molar-refractivity contribution in [1.82, 2.24) is 5.32 Å². The molecule has 3 rings (SSSR count). The topological polar surface area (TPSA) is 73.6 Å². The first-order chi connectivity index (χ1) is 12.0. The third kappa shape index (κ3) is 3.98. The molecule has 1 aromatic carbocycles. The molecule has 2 fully saturated rings. The van der Waals surface area contributed by atoms with Crippen molar-refractivity contribution >= 4 is 5.91 Å². The summed E-state index contributed by atoms with van der Waals surface area (Å²) in [4.78, 5) is 12.6. The van der Waals surface area contributed by atoms with Gasteiger partial charge in [0.15, 0.2) is 0 Å². The lowest BCUT2D eigenvalue weighted by Gasteiger charge is -2.39. The van der Waals surface area contributed by atoms with Gasteiger partial charge < -0.3 is 20.5 Å². The van der Waals surface area contributed by atoms with Crippen LogP contribution < -0.4 is 15.8 Å². The van der Waals surface area contributed by atoms with Crippen molar-refractivity contribution in [3.05, 3.63) is 29.3 Å². The molecule has 0 spiro atoms. The summed E-state index contributed by atoms with van der Waals surface area (Å²) in [5.41, 5.74) is 8.21. The average molecular weight is 346 g/mol. The summed E-state index contributed by atoms with van der Waals surface area (Å²) in [5, 5.41) is 3.22. The predicted molar refractivity (Wildman–Crippen MR) is 97.8 cm³/mol. The summed E-state index contributed by atoms with van der Waals surface area (Å²) < 4.78 is 11.2. The predicted octanol–water partition coefficient (Wildman–Crippen LogP) is 2.30. The van der Waals surface area contributed by atoms with Gasteiger partial charge in [-0.25, -0.2) is 0 Å². The molecule has 2 aliphatic rings. The Labute approximate surface area is 150 Å². The van der Waals surface area contributed by atoms with Crippen molar-refractivity contribution in [3.8, 4) is 5.75 Å². The van der Waals surface area contributed by atoms with Crippen LogP contribution in [0, 0.1) is 12.8 Å². The van der Waals surface area contributed by atoms with E-state index in [0.29, 0.717) is 19.8 Å². The number of amides is 1. The highest BCUT2D eigenvalue weighted by molar-refractivity contribution is 5.79. The van der Waals surface area contributed by atoms with Crippen LogP contribution in [0.1, 0.15) is 43.2 Å². The standard InChI is InChI=1S/C20H30N2O3/c1-14-3-6-18(24-2)17(11-14)20(7-9-25-10-8-20)13-22-19(23)15-4-5-16(21)12-15/h3,6,11,15-16H,4-5,7-10,12-13,21H2,1-2H3,(H,22,23)/t15-,16-/m1/s1. The fourth-order valence-electron chi connectivity index (χ4n) is 4.19. The molecule has 0 aromatic heterocycles. The quantitative estimate of drug-likeness (QED) is 0.858. The molecule has 2 atom stereocenters. The van der Waals surface area contributed by atoms with Crippen LogP contribution in [0.2, 0.25) is 0 Å². The van der Waals surface area contributed by atoms with E-state index in [1.165, 1.54) is 11.1 Å². The monoisotopic (exact) mass is 346 g/mol. The second-order valence-electron chi connectivity index (χ2n) is 7.58. The molecule has 1 saturated heterocycles. The third-order valence-corrected chi connectivity index (χ3v) is 5.82. The van der Waals surface area contributed by atoms with E-state index in [9.17, 15) is 4.79 Å². The van der Waals surface area contributed by atoms with Gasteiger partial charge in [0, 0.05) is 42.7 Å². The van der Waals surface area contributed by atoms with E-state index in [4.69, 9.17) is 15.2 Å². The Balaban J connectivity index is 1.79. The van der Waals surface area contributed by atoms with Gasteiger partial charge in [0.25, 0.3) is 0 Å². The van der Waals surface area contributed by atoms with Crippen molar-refractivity contribution in [2.45, 2.75) is 50.5 Å². The maximum Gasteiger partial charge on any atom is 0.223 e. The maximum absolute atomic E-state index is 12.6. The van der Waals surface area contributed by atoms with E-state index >= 15 is 0 Å². The van der Waals surface area contributed by atoms with Gasteiger partial charge >= 0.3 is 0 Å². The Morgan fingerprint density at radius 2 is 2.12 bits per heavy atom. The van der Waals surface area contributed by atoms with Gasteiger partial charge in [-0.2, -0.15) is 0 Å². The molecule has 0 unspecified atom stereocenters. The van der Waals surface area contributed by atoms with Crippen molar-refractivity contribution < 1.29 is 14.3 Å². The molecule has 1 amide bonds. The largest absolute Gasteiger partial charge is 0.496 e. The molecule has 0 radical (unpaired) electrons. The Bertz CT molecular complexity index is 611. The number of nitrogens with one attached hydrogen (secondary N) is 1. The maximum atomic E-state index is 12.6. The Hall–Kier alpha value is -1.59. The number of carbonyl (C=O) groups is 1. The highest BCUT2D eigenvalue weighted by Gasteiger charge is 2.38. The Morgan fingerprint density at radius 1 is 1.36 bits per heavy atom. The molecule has 1 aliphatic carbocycles.